The van der Waals surface area contributed by atoms with Crippen molar-refractivity contribution in [3.8, 4) is 0 Å². The lowest BCUT2D eigenvalue weighted by Crippen LogP contribution is -2.42. The molecule has 0 saturated heterocycles. The minimum atomic E-state index is -4.09. The van der Waals surface area contributed by atoms with Crippen molar-refractivity contribution in [1.29, 1.82) is 0 Å². The molecule has 0 amide bonds. The van der Waals surface area contributed by atoms with E-state index in [1.54, 1.807) is 6.92 Å². The van der Waals surface area contributed by atoms with E-state index >= 15 is 0 Å². The van der Waals surface area contributed by atoms with Gasteiger partial charge in [-0.15, -0.1) is 0 Å². The van der Waals surface area contributed by atoms with Crippen molar-refractivity contribution in [2.75, 3.05) is 6.61 Å². The number of nitrogens with zero attached hydrogens (tertiary/aromatic N) is 1. The molecule has 0 bridgehead atoms. The Kier molecular flexibility index (Phi) is 4.49. The number of carbonyl (C=O) groups excluding carboxylic acids is 1. The highest BCUT2D eigenvalue weighted by Crippen LogP contribution is 2.28. The molecular weight excluding hydrogens is 286 g/mol. The van der Waals surface area contributed by atoms with Crippen LogP contribution in [0.25, 0.3) is 0 Å². The minimum absolute atomic E-state index is 0.0483. The van der Waals surface area contributed by atoms with Crippen LogP contribution in [0.5, 0.6) is 0 Å². The van der Waals surface area contributed by atoms with E-state index in [1.807, 2.05) is 0 Å². The highest BCUT2D eigenvalue weighted by molar-refractivity contribution is 7.93. The lowest BCUT2D eigenvalue weighted by Gasteiger charge is -2.22. The van der Waals surface area contributed by atoms with Crippen LogP contribution in [0, 0.1) is 10.1 Å². The normalized spacial score (nSPS) is 11.9. The van der Waals surface area contributed by atoms with Gasteiger partial charge in [-0.3, -0.25) is 14.9 Å². The molecule has 0 fully saturated rings. The number of carbonyl (C=O) groups is 1. The quantitative estimate of drug-likeness (QED) is 0.466. The van der Waals surface area contributed by atoms with Crippen LogP contribution in [-0.4, -0.2) is 30.7 Å². The summed E-state index contributed by atoms with van der Waals surface area (Å²) in [5.41, 5.74) is -0.356. The van der Waals surface area contributed by atoms with Crippen LogP contribution in [0.2, 0.25) is 0 Å². The Morgan fingerprint density at radius 3 is 2.50 bits per heavy atom. The van der Waals surface area contributed by atoms with E-state index in [0.717, 1.165) is 6.07 Å². The van der Waals surface area contributed by atoms with Crippen LogP contribution >= 0.6 is 0 Å². The third-order valence-electron chi connectivity index (χ3n) is 2.78. The first-order chi connectivity index (χ1) is 9.14. The van der Waals surface area contributed by atoms with Crippen molar-refractivity contribution in [2.45, 2.75) is 30.4 Å². The third kappa shape index (κ3) is 2.79. The van der Waals surface area contributed by atoms with Crippen molar-refractivity contribution < 1.29 is 22.9 Å². The molecule has 0 N–H and O–H groups in total. The zero-order valence-electron chi connectivity index (χ0n) is 11.3. The van der Waals surface area contributed by atoms with Crippen LogP contribution in [-0.2, 0) is 19.4 Å². The molecule has 8 heteroatoms. The highest BCUT2D eigenvalue weighted by atomic mass is 32.2. The lowest BCUT2D eigenvalue weighted by molar-refractivity contribution is -0.385. The minimum Gasteiger partial charge on any atom is -0.465 e. The van der Waals surface area contributed by atoms with E-state index in [0.29, 0.717) is 0 Å². The smallest absolute Gasteiger partial charge is 0.327 e. The maximum Gasteiger partial charge on any atom is 0.327 e. The molecular formula is C12H15NO6S. The van der Waals surface area contributed by atoms with Crippen molar-refractivity contribution >= 4 is 21.5 Å². The van der Waals surface area contributed by atoms with Gasteiger partial charge in [-0.2, -0.15) is 0 Å². The summed E-state index contributed by atoms with van der Waals surface area (Å²) in [6, 6.07) is 4.57. The first kappa shape index (κ1) is 16.1. The predicted octanol–water partition coefficient (Wildman–Crippen LogP) is 1.71. The van der Waals surface area contributed by atoms with Crippen molar-refractivity contribution in [3.05, 3.63) is 34.4 Å². The fourth-order valence-electron chi connectivity index (χ4n) is 1.47. The first-order valence-electron chi connectivity index (χ1n) is 5.81. The largest absolute Gasteiger partial charge is 0.465 e. The van der Waals surface area contributed by atoms with Gasteiger partial charge >= 0.3 is 5.97 Å². The van der Waals surface area contributed by atoms with Crippen LogP contribution in [0.4, 0.5) is 5.69 Å². The number of ether oxygens (including phenoxy) is 1. The summed E-state index contributed by atoms with van der Waals surface area (Å²) in [5.74, 6) is -0.897. The topological polar surface area (TPSA) is 104 Å². The Morgan fingerprint density at radius 2 is 2.00 bits per heavy atom. The number of esters is 1. The summed E-state index contributed by atoms with van der Waals surface area (Å²) in [5, 5.41) is 10.7. The average Bonchev–Trinajstić information content (AvgIpc) is 2.38. The van der Waals surface area contributed by atoms with E-state index in [4.69, 9.17) is 4.74 Å². The molecule has 0 unspecified atom stereocenters. The van der Waals surface area contributed by atoms with Gasteiger partial charge in [0.1, 0.15) is 0 Å². The SMILES string of the molecule is CCOC(=O)C(C)(C)S(=O)(=O)c1cccc([N+](=O)[O-])c1. The predicted molar refractivity (Wildman–Crippen MR) is 71.0 cm³/mol. The number of nitro groups is 1. The molecule has 110 valence electrons. The Morgan fingerprint density at radius 1 is 1.40 bits per heavy atom. The summed E-state index contributed by atoms with van der Waals surface area (Å²) in [6.07, 6.45) is 0. The van der Waals surface area contributed by atoms with E-state index in [2.05, 4.69) is 0 Å². The van der Waals surface area contributed by atoms with Gasteiger partial charge in [0.15, 0.2) is 14.6 Å². The summed E-state index contributed by atoms with van der Waals surface area (Å²) < 4.78 is 27.8. The average molecular weight is 301 g/mol. The van der Waals surface area contributed by atoms with Gasteiger partial charge in [-0.1, -0.05) is 6.07 Å². The molecule has 0 aliphatic carbocycles. The zero-order valence-corrected chi connectivity index (χ0v) is 12.1. The van der Waals surface area contributed by atoms with Gasteiger partial charge in [-0.05, 0) is 26.8 Å². The van der Waals surface area contributed by atoms with E-state index in [1.165, 1.54) is 32.0 Å². The molecule has 0 heterocycles. The maximum absolute atomic E-state index is 12.4. The lowest BCUT2D eigenvalue weighted by atomic mass is 10.2. The number of sulfone groups is 1. The Labute approximate surface area is 116 Å². The number of nitro benzene ring substituents is 1. The van der Waals surface area contributed by atoms with Gasteiger partial charge in [0, 0.05) is 12.1 Å². The fraction of sp³-hybridized carbons (Fsp3) is 0.417. The van der Waals surface area contributed by atoms with E-state index in [9.17, 15) is 23.3 Å². The van der Waals surface area contributed by atoms with Gasteiger partial charge < -0.3 is 4.74 Å². The fourth-order valence-corrected chi connectivity index (χ4v) is 2.87. The molecule has 0 atom stereocenters. The number of non-ortho nitro benzene ring substituents is 1. The molecule has 0 aliphatic rings. The number of benzene rings is 1. The molecule has 7 nitrogen and oxygen atoms in total. The van der Waals surface area contributed by atoms with Crippen molar-refractivity contribution in [1.82, 2.24) is 0 Å². The Balaban J connectivity index is 3.33. The molecule has 1 rings (SSSR count). The summed E-state index contributed by atoms with van der Waals surface area (Å²) >= 11 is 0. The van der Waals surface area contributed by atoms with E-state index in [-0.39, 0.29) is 17.2 Å². The Hall–Kier alpha value is -1.96. The number of hydrogen-bond acceptors (Lipinski definition) is 6. The van der Waals surface area contributed by atoms with Crippen LogP contribution < -0.4 is 0 Å². The van der Waals surface area contributed by atoms with Crippen molar-refractivity contribution in [2.24, 2.45) is 0 Å². The third-order valence-corrected chi connectivity index (χ3v) is 5.16. The molecule has 1 aromatic carbocycles. The van der Waals surface area contributed by atoms with Gasteiger partial charge in [0.25, 0.3) is 5.69 Å². The summed E-state index contributed by atoms with van der Waals surface area (Å²) in [7, 11) is -4.09. The van der Waals surface area contributed by atoms with Crippen LogP contribution in [0.15, 0.2) is 29.2 Å². The van der Waals surface area contributed by atoms with Crippen molar-refractivity contribution in [3.63, 3.8) is 0 Å². The second kappa shape index (κ2) is 5.58. The molecule has 0 aromatic heterocycles. The molecule has 1 aromatic rings. The molecule has 0 aliphatic heterocycles. The number of hydrogen-bond donors (Lipinski definition) is 0. The standard InChI is InChI=1S/C12H15NO6S/c1-4-19-11(14)12(2,3)20(17,18)10-7-5-6-9(8-10)13(15)16/h5-8H,4H2,1-3H3. The van der Waals surface area contributed by atoms with Crippen LogP contribution in [0.3, 0.4) is 0 Å². The first-order valence-corrected chi connectivity index (χ1v) is 7.29. The second-order valence-electron chi connectivity index (χ2n) is 4.49. The zero-order chi connectivity index (χ0) is 15.6. The molecule has 20 heavy (non-hydrogen) atoms. The number of rotatable bonds is 5. The summed E-state index contributed by atoms with van der Waals surface area (Å²) in [6.45, 7) is 4.03. The van der Waals surface area contributed by atoms with E-state index < -0.39 is 25.5 Å². The van der Waals surface area contributed by atoms with Gasteiger partial charge in [0.05, 0.1) is 16.4 Å². The van der Waals surface area contributed by atoms with Gasteiger partial charge in [-0.25, -0.2) is 8.42 Å². The molecule has 0 spiro atoms. The van der Waals surface area contributed by atoms with Gasteiger partial charge in [0.2, 0.25) is 0 Å². The monoisotopic (exact) mass is 301 g/mol. The molecule has 0 radical (unpaired) electrons. The van der Waals surface area contributed by atoms with Crippen LogP contribution in [0.1, 0.15) is 20.8 Å². The maximum atomic E-state index is 12.4. The highest BCUT2D eigenvalue weighted by Gasteiger charge is 2.44. The summed E-state index contributed by atoms with van der Waals surface area (Å²) in [4.78, 5) is 21.5. The Bertz CT molecular complexity index is 635. The second-order valence-corrected chi connectivity index (χ2v) is 6.99. The molecule has 0 saturated carbocycles.